The van der Waals surface area contributed by atoms with Crippen LogP contribution in [0.15, 0.2) is 40.9 Å². The van der Waals surface area contributed by atoms with Gasteiger partial charge in [-0.05, 0) is 35.9 Å². The number of nitrogens with one attached hydrogen (secondary N) is 1. The smallest absolute Gasteiger partial charge is 0.235 e. The molecule has 2 aliphatic rings. The molecular weight excluding hydrogens is 391 g/mol. The van der Waals surface area contributed by atoms with Gasteiger partial charge in [-0.15, -0.1) is 0 Å². The number of amides is 2. The van der Waals surface area contributed by atoms with Gasteiger partial charge in [-0.25, -0.2) is 4.39 Å². The summed E-state index contributed by atoms with van der Waals surface area (Å²) in [4.78, 5) is 26.8. The third-order valence-electron chi connectivity index (χ3n) is 4.40. The third kappa shape index (κ3) is 2.89. The van der Waals surface area contributed by atoms with Crippen molar-refractivity contribution >= 4 is 39.1 Å². The molecule has 128 valence electrons. The summed E-state index contributed by atoms with van der Waals surface area (Å²) >= 11 is 3.41. The minimum atomic E-state index is -0.644. The van der Waals surface area contributed by atoms with E-state index in [9.17, 15) is 14.0 Å². The number of carbonyl (C=O) groups excluding carboxylic acids is 2. The van der Waals surface area contributed by atoms with Crippen molar-refractivity contribution < 1.29 is 18.7 Å². The summed E-state index contributed by atoms with van der Waals surface area (Å²) in [6, 6.07) is 9.58. The zero-order valence-electron chi connectivity index (χ0n) is 13.1. The van der Waals surface area contributed by atoms with E-state index in [2.05, 4.69) is 21.2 Å². The standard InChI is InChI=1S/C18H14BrFN2O3/c19-10-1-4-16-15(7-10)22(5-6-25-16)18(24)13-9-17(23)21-14-8-11(20)2-3-12(13)14/h1-4,7-8,13H,5-6,9H2,(H,21,23). The number of hydrogen-bond acceptors (Lipinski definition) is 3. The lowest BCUT2D eigenvalue weighted by molar-refractivity contribution is -0.124. The van der Waals surface area contributed by atoms with Crippen LogP contribution >= 0.6 is 15.9 Å². The van der Waals surface area contributed by atoms with Gasteiger partial charge in [0.15, 0.2) is 0 Å². The molecule has 0 bridgehead atoms. The highest BCUT2D eigenvalue weighted by Gasteiger charge is 2.36. The zero-order valence-corrected chi connectivity index (χ0v) is 14.7. The predicted molar refractivity (Wildman–Crippen MR) is 94.4 cm³/mol. The van der Waals surface area contributed by atoms with Crippen molar-refractivity contribution in [3.8, 4) is 5.75 Å². The molecule has 4 rings (SSSR count). The summed E-state index contributed by atoms with van der Waals surface area (Å²) in [5, 5.41) is 2.63. The quantitative estimate of drug-likeness (QED) is 0.791. The second-order valence-electron chi connectivity index (χ2n) is 5.99. The van der Waals surface area contributed by atoms with Crippen molar-refractivity contribution in [3.63, 3.8) is 0 Å². The molecule has 0 fully saturated rings. The fourth-order valence-electron chi connectivity index (χ4n) is 3.27. The van der Waals surface area contributed by atoms with Crippen LogP contribution in [0.2, 0.25) is 0 Å². The van der Waals surface area contributed by atoms with Crippen LogP contribution in [-0.4, -0.2) is 25.0 Å². The van der Waals surface area contributed by atoms with Gasteiger partial charge in [0.25, 0.3) is 0 Å². The number of nitrogens with zero attached hydrogens (tertiary/aromatic N) is 1. The Labute approximate surface area is 151 Å². The third-order valence-corrected chi connectivity index (χ3v) is 4.90. The lowest BCUT2D eigenvalue weighted by Crippen LogP contribution is -2.42. The van der Waals surface area contributed by atoms with E-state index in [0.29, 0.717) is 35.8 Å². The van der Waals surface area contributed by atoms with Crippen LogP contribution in [0.3, 0.4) is 0 Å². The number of anilines is 2. The number of halogens is 2. The van der Waals surface area contributed by atoms with E-state index in [4.69, 9.17) is 4.74 Å². The molecule has 25 heavy (non-hydrogen) atoms. The average molecular weight is 405 g/mol. The molecule has 2 aliphatic heterocycles. The molecule has 0 aromatic heterocycles. The molecule has 0 aliphatic carbocycles. The molecule has 1 N–H and O–H groups in total. The molecular formula is C18H14BrFN2O3. The zero-order chi connectivity index (χ0) is 17.6. The summed E-state index contributed by atoms with van der Waals surface area (Å²) in [5.74, 6) is -0.950. The van der Waals surface area contributed by atoms with Gasteiger partial charge in [-0.3, -0.25) is 9.59 Å². The van der Waals surface area contributed by atoms with Gasteiger partial charge in [-0.1, -0.05) is 22.0 Å². The van der Waals surface area contributed by atoms with Crippen molar-refractivity contribution in [3.05, 3.63) is 52.3 Å². The van der Waals surface area contributed by atoms with E-state index in [1.807, 2.05) is 12.1 Å². The van der Waals surface area contributed by atoms with Crippen molar-refractivity contribution in [2.45, 2.75) is 12.3 Å². The van der Waals surface area contributed by atoms with Crippen molar-refractivity contribution in [1.29, 1.82) is 0 Å². The van der Waals surface area contributed by atoms with Crippen LogP contribution in [0.1, 0.15) is 17.9 Å². The Morgan fingerprint density at radius 1 is 1.28 bits per heavy atom. The van der Waals surface area contributed by atoms with E-state index in [-0.39, 0.29) is 18.2 Å². The first kappa shape index (κ1) is 16.1. The van der Waals surface area contributed by atoms with Crippen LogP contribution in [-0.2, 0) is 9.59 Å². The molecule has 1 atom stereocenters. The first-order chi connectivity index (χ1) is 12.0. The van der Waals surface area contributed by atoms with Crippen LogP contribution < -0.4 is 15.0 Å². The highest BCUT2D eigenvalue weighted by molar-refractivity contribution is 9.10. The Morgan fingerprint density at radius 2 is 2.12 bits per heavy atom. The Kier molecular flexibility index (Phi) is 3.95. The van der Waals surface area contributed by atoms with Crippen molar-refractivity contribution in [2.24, 2.45) is 0 Å². The summed E-state index contributed by atoms with van der Waals surface area (Å²) in [5.41, 5.74) is 1.66. The lowest BCUT2D eigenvalue weighted by atomic mass is 9.89. The number of fused-ring (bicyclic) bond motifs is 2. The molecule has 0 saturated heterocycles. The highest BCUT2D eigenvalue weighted by Crippen LogP contribution is 2.39. The summed E-state index contributed by atoms with van der Waals surface area (Å²) in [7, 11) is 0. The first-order valence-corrected chi connectivity index (χ1v) is 8.65. The van der Waals surface area contributed by atoms with Crippen LogP contribution in [0.5, 0.6) is 5.75 Å². The van der Waals surface area contributed by atoms with Gasteiger partial charge in [0.2, 0.25) is 11.8 Å². The predicted octanol–water partition coefficient (Wildman–Crippen LogP) is 3.44. The second kappa shape index (κ2) is 6.15. The Balaban J connectivity index is 1.74. The Bertz CT molecular complexity index is 887. The van der Waals surface area contributed by atoms with Gasteiger partial charge in [0.05, 0.1) is 18.2 Å². The minimum Gasteiger partial charge on any atom is -0.490 e. The molecule has 2 heterocycles. The second-order valence-corrected chi connectivity index (χ2v) is 6.90. The maximum Gasteiger partial charge on any atom is 0.235 e. The van der Waals surface area contributed by atoms with Crippen molar-refractivity contribution in [2.75, 3.05) is 23.4 Å². The number of ether oxygens (including phenoxy) is 1. The van der Waals surface area contributed by atoms with E-state index in [1.165, 1.54) is 12.1 Å². The van der Waals surface area contributed by atoms with E-state index >= 15 is 0 Å². The number of rotatable bonds is 1. The molecule has 5 nitrogen and oxygen atoms in total. The fourth-order valence-corrected chi connectivity index (χ4v) is 3.61. The van der Waals surface area contributed by atoms with Gasteiger partial charge in [-0.2, -0.15) is 0 Å². The number of hydrogen-bond donors (Lipinski definition) is 1. The summed E-state index contributed by atoms with van der Waals surface area (Å²) < 4.78 is 19.9. The van der Waals surface area contributed by atoms with Gasteiger partial charge >= 0.3 is 0 Å². The number of benzene rings is 2. The van der Waals surface area contributed by atoms with Crippen LogP contribution in [0.25, 0.3) is 0 Å². The molecule has 0 saturated carbocycles. The molecule has 2 aromatic rings. The average Bonchev–Trinajstić information content (AvgIpc) is 2.59. The molecule has 2 aromatic carbocycles. The Hall–Kier alpha value is -2.41. The van der Waals surface area contributed by atoms with Gasteiger partial charge < -0.3 is 15.0 Å². The minimum absolute atomic E-state index is 0.0398. The molecule has 2 amide bonds. The summed E-state index contributed by atoms with van der Waals surface area (Å²) in [6.45, 7) is 0.784. The summed E-state index contributed by atoms with van der Waals surface area (Å²) in [6.07, 6.45) is 0.0398. The highest BCUT2D eigenvalue weighted by atomic mass is 79.9. The fraction of sp³-hybridized carbons (Fsp3) is 0.222. The van der Waals surface area contributed by atoms with Crippen LogP contribution in [0, 0.1) is 5.82 Å². The Morgan fingerprint density at radius 3 is 2.96 bits per heavy atom. The normalized spacial score (nSPS) is 18.7. The van der Waals surface area contributed by atoms with Crippen molar-refractivity contribution in [1.82, 2.24) is 0 Å². The van der Waals surface area contributed by atoms with Gasteiger partial charge in [0, 0.05) is 16.6 Å². The molecule has 0 radical (unpaired) electrons. The maximum atomic E-state index is 13.5. The molecule has 0 spiro atoms. The van der Waals surface area contributed by atoms with Gasteiger partial charge in [0.1, 0.15) is 18.2 Å². The largest absolute Gasteiger partial charge is 0.490 e. The first-order valence-electron chi connectivity index (χ1n) is 7.86. The topological polar surface area (TPSA) is 58.6 Å². The van der Waals surface area contributed by atoms with E-state index in [1.54, 1.807) is 17.0 Å². The molecule has 7 heteroatoms. The maximum absolute atomic E-state index is 13.5. The van der Waals surface area contributed by atoms with E-state index < -0.39 is 11.7 Å². The molecule has 1 unspecified atom stereocenters. The monoisotopic (exact) mass is 404 g/mol. The van der Waals surface area contributed by atoms with E-state index in [0.717, 1.165) is 4.47 Å². The number of carbonyl (C=O) groups is 2. The van der Waals surface area contributed by atoms with Crippen LogP contribution in [0.4, 0.5) is 15.8 Å². The SMILES string of the molecule is O=C1CC(C(=O)N2CCOc3ccc(Br)cc32)c2ccc(F)cc2N1. The lowest BCUT2D eigenvalue weighted by Gasteiger charge is -2.34.